The number of hydrogen-bond donors (Lipinski definition) is 1. The minimum absolute atomic E-state index is 0.0127. The maximum atomic E-state index is 12.9. The van der Waals surface area contributed by atoms with E-state index in [2.05, 4.69) is 4.72 Å². The molecule has 1 aromatic heterocycles. The van der Waals surface area contributed by atoms with Gasteiger partial charge in [0.2, 0.25) is 10.0 Å². The Morgan fingerprint density at radius 1 is 1.13 bits per heavy atom. The zero-order chi connectivity index (χ0) is 21.6. The van der Waals surface area contributed by atoms with E-state index < -0.39 is 20.0 Å². The quantitative estimate of drug-likeness (QED) is 0.574. The van der Waals surface area contributed by atoms with Crippen molar-refractivity contribution >= 4 is 31.4 Å². The summed E-state index contributed by atoms with van der Waals surface area (Å²) in [6.45, 7) is 0.710. The fourth-order valence-corrected chi connectivity index (χ4v) is 7.52. The molecule has 1 saturated heterocycles. The van der Waals surface area contributed by atoms with E-state index in [0.717, 1.165) is 30.6 Å². The number of methoxy groups -OCH3 is 1. The summed E-state index contributed by atoms with van der Waals surface area (Å²) in [5, 5.41) is 1.75. The molecule has 166 valence electrons. The van der Waals surface area contributed by atoms with E-state index in [-0.39, 0.29) is 18.3 Å². The summed E-state index contributed by atoms with van der Waals surface area (Å²) in [7, 11) is -5.38. The minimum Gasteiger partial charge on any atom is -0.497 e. The van der Waals surface area contributed by atoms with E-state index in [0.29, 0.717) is 23.6 Å². The van der Waals surface area contributed by atoms with E-state index in [4.69, 9.17) is 4.74 Å². The van der Waals surface area contributed by atoms with Crippen LogP contribution in [0, 0.1) is 0 Å². The van der Waals surface area contributed by atoms with E-state index in [9.17, 15) is 16.8 Å². The summed E-state index contributed by atoms with van der Waals surface area (Å²) in [6.07, 6.45) is 3.40. The number of benzene rings is 1. The highest BCUT2D eigenvalue weighted by Gasteiger charge is 2.33. The minimum atomic E-state index is -3.52. The second-order valence-electron chi connectivity index (χ2n) is 7.30. The van der Waals surface area contributed by atoms with Crippen LogP contribution in [0.3, 0.4) is 0 Å². The van der Waals surface area contributed by atoms with Gasteiger partial charge in [0.25, 0.3) is 10.0 Å². The fraction of sp³-hybridized carbons (Fsp3) is 0.500. The molecular formula is C20H28N2O5S3. The molecule has 1 aromatic carbocycles. The van der Waals surface area contributed by atoms with E-state index >= 15 is 0 Å². The molecule has 0 radical (unpaired) electrons. The van der Waals surface area contributed by atoms with Gasteiger partial charge in [-0.2, -0.15) is 4.31 Å². The van der Waals surface area contributed by atoms with Gasteiger partial charge in [-0.15, -0.1) is 11.3 Å². The second-order valence-corrected chi connectivity index (χ2v) is 12.3. The number of aryl methyl sites for hydroxylation is 1. The number of piperidine rings is 1. The lowest BCUT2D eigenvalue weighted by atomic mass is 10.0. The SMILES string of the molecule is COc1ccc(CCS(=O)(=O)NCCC2CCCCN2S(=O)(=O)c2cccs2)cc1. The highest BCUT2D eigenvalue weighted by atomic mass is 32.2. The molecule has 30 heavy (non-hydrogen) atoms. The Morgan fingerprint density at radius 2 is 1.90 bits per heavy atom. The van der Waals surface area contributed by atoms with Crippen LogP contribution < -0.4 is 9.46 Å². The first-order chi connectivity index (χ1) is 14.3. The number of hydrogen-bond acceptors (Lipinski definition) is 6. The zero-order valence-corrected chi connectivity index (χ0v) is 19.4. The zero-order valence-electron chi connectivity index (χ0n) is 17.0. The topological polar surface area (TPSA) is 92.8 Å². The molecule has 2 heterocycles. The van der Waals surface area contributed by atoms with Crippen LogP contribution >= 0.6 is 11.3 Å². The van der Waals surface area contributed by atoms with Gasteiger partial charge in [0.15, 0.2) is 0 Å². The van der Waals surface area contributed by atoms with Crippen molar-refractivity contribution in [2.24, 2.45) is 0 Å². The highest BCUT2D eigenvalue weighted by molar-refractivity contribution is 7.91. The molecule has 1 aliphatic rings. The van der Waals surface area contributed by atoms with Crippen LogP contribution in [-0.2, 0) is 26.5 Å². The summed E-state index contributed by atoms with van der Waals surface area (Å²) in [6, 6.07) is 10.5. The summed E-state index contributed by atoms with van der Waals surface area (Å²) >= 11 is 1.21. The molecule has 0 spiro atoms. The van der Waals surface area contributed by atoms with Crippen molar-refractivity contribution in [1.82, 2.24) is 9.03 Å². The second kappa shape index (κ2) is 10.2. The summed E-state index contributed by atoms with van der Waals surface area (Å²) in [4.78, 5) is 0. The van der Waals surface area contributed by atoms with Gasteiger partial charge in [0.1, 0.15) is 9.96 Å². The average molecular weight is 473 g/mol. The van der Waals surface area contributed by atoms with Crippen molar-refractivity contribution in [2.75, 3.05) is 26.0 Å². The van der Waals surface area contributed by atoms with Gasteiger partial charge in [-0.05, 0) is 54.8 Å². The standard InChI is InChI=1S/C20H28N2O5S3/c1-27-19-9-7-17(8-10-19)12-16-29(23,24)21-13-11-18-5-2-3-14-22(18)30(25,26)20-6-4-15-28-20/h4,6-10,15,18,21H,2-3,5,11-14,16H2,1H3. The normalized spacial score (nSPS) is 18.4. The van der Waals surface area contributed by atoms with Crippen LogP contribution in [0.1, 0.15) is 31.2 Å². The molecule has 7 nitrogen and oxygen atoms in total. The van der Waals surface area contributed by atoms with E-state index in [1.807, 2.05) is 12.1 Å². The highest BCUT2D eigenvalue weighted by Crippen LogP contribution is 2.29. The molecule has 1 aliphatic heterocycles. The molecule has 0 aliphatic carbocycles. The van der Waals surface area contributed by atoms with Gasteiger partial charge >= 0.3 is 0 Å². The van der Waals surface area contributed by atoms with Crippen molar-refractivity contribution in [3.05, 3.63) is 47.3 Å². The Kier molecular flexibility index (Phi) is 7.92. The first-order valence-corrected chi connectivity index (χ1v) is 13.9. The molecule has 1 N–H and O–H groups in total. The van der Waals surface area contributed by atoms with Crippen molar-refractivity contribution in [1.29, 1.82) is 0 Å². The number of ether oxygens (including phenoxy) is 1. The van der Waals surface area contributed by atoms with Gasteiger partial charge in [-0.25, -0.2) is 21.6 Å². The first-order valence-electron chi connectivity index (χ1n) is 9.97. The summed E-state index contributed by atoms with van der Waals surface area (Å²) < 4.78 is 60.2. The molecule has 2 aromatic rings. The van der Waals surface area contributed by atoms with Crippen LogP contribution in [0.15, 0.2) is 46.0 Å². The first kappa shape index (κ1) is 23.2. The van der Waals surface area contributed by atoms with Crippen LogP contribution in [0.25, 0.3) is 0 Å². The van der Waals surface area contributed by atoms with Gasteiger partial charge < -0.3 is 4.74 Å². The molecule has 0 saturated carbocycles. The fourth-order valence-electron chi connectivity index (χ4n) is 3.60. The molecule has 10 heteroatoms. The smallest absolute Gasteiger partial charge is 0.252 e. The predicted octanol–water partition coefficient (Wildman–Crippen LogP) is 2.85. The number of sulfonamides is 2. The lowest BCUT2D eigenvalue weighted by Crippen LogP contribution is -2.45. The lowest BCUT2D eigenvalue weighted by Gasteiger charge is -2.34. The van der Waals surface area contributed by atoms with E-state index in [1.165, 1.54) is 11.3 Å². The molecule has 0 amide bonds. The Labute approximate surface area is 183 Å². The number of nitrogens with zero attached hydrogens (tertiary/aromatic N) is 1. The largest absolute Gasteiger partial charge is 0.497 e. The predicted molar refractivity (Wildman–Crippen MR) is 119 cm³/mol. The van der Waals surface area contributed by atoms with Gasteiger partial charge in [0.05, 0.1) is 12.9 Å². The summed E-state index contributed by atoms with van der Waals surface area (Å²) in [5.74, 6) is 0.718. The third-order valence-electron chi connectivity index (χ3n) is 5.25. The molecular weight excluding hydrogens is 444 g/mol. The Bertz CT molecular complexity index is 1000. The van der Waals surface area contributed by atoms with Crippen molar-refractivity contribution in [3.63, 3.8) is 0 Å². The molecule has 1 fully saturated rings. The number of rotatable bonds is 10. The lowest BCUT2D eigenvalue weighted by molar-refractivity contribution is 0.242. The Morgan fingerprint density at radius 3 is 2.57 bits per heavy atom. The third kappa shape index (κ3) is 6.04. The maximum absolute atomic E-state index is 12.9. The third-order valence-corrected chi connectivity index (χ3v) is 9.96. The van der Waals surface area contributed by atoms with Crippen molar-refractivity contribution in [2.45, 2.75) is 42.4 Å². The summed E-state index contributed by atoms with van der Waals surface area (Å²) in [5.41, 5.74) is 0.918. The number of thiophene rings is 1. The molecule has 1 atom stereocenters. The van der Waals surface area contributed by atoms with Crippen LogP contribution in [0.2, 0.25) is 0 Å². The van der Waals surface area contributed by atoms with E-state index in [1.54, 1.807) is 41.1 Å². The van der Waals surface area contributed by atoms with Gasteiger partial charge in [-0.1, -0.05) is 24.6 Å². The Hall–Kier alpha value is -1.46. The monoisotopic (exact) mass is 472 g/mol. The van der Waals surface area contributed by atoms with Gasteiger partial charge in [-0.3, -0.25) is 0 Å². The van der Waals surface area contributed by atoms with Crippen molar-refractivity contribution < 1.29 is 21.6 Å². The van der Waals surface area contributed by atoms with Gasteiger partial charge in [0, 0.05) is 19.1 Å². The van der Waals surface area contributed by atoms with Crippen LogP contribution in [0.5, 0.6) is 5.75 Å². The van der Waals surface area contributed by atoms with Crippen LogP contribution in [-0.4, -0.2) is 53.1 Å². The molecule has 0 bridgehead atoms. The average Bonchev–Trinajstić information content (AvgIpc) is 3.29. The number of nitrogens with one attached hydrogen (secondary N) is 1. The molecule has 1 unspecified atom stereocenters. The van der Waals surface area contributed by atoms with Crippen molar-refractivity contribution in [3.8, 4) is 5.75 Å². The maximum Gasteiger partial charge on any atom is 0.252 e. The molecule has 3 rings (SSSR count). The van der Waals surface area contributed by atoms with Crippen LogP contribution in [0.4, 0.5) is 0 Å². The Balaban J connectivity index is 1.53.